The fourth-order valence-corrected chi connectivity index (χ4v) is 7.94. The van der Waals surface area contributed by atoms with E-state index in [4.69, 9.17) is 10.8 Å². The van der Waals surface area contributed by atoms with Crippen molar-refractivity contribution >= 4 is 18.7 Å². The van der Waals surface area contributed by atoms with Crippen molar-refractivity contribution in [2.45, 2.75) is 44.4 Å². The van der Waals surface area contributed by atoms with Crippen LogP contribution < -0.4 is 10.4 Å². The van der Waals surface area contributed by atoms with Crippen LogP contribution in [-0.4, -0.2) is 37.3 Å². The second-order valence-electron chi connectivity index (χ2n) is 7.48. The largest absolute Gasteiger partial charge is 0.407 e. The quantitative estimate of drug-likeness (QED) is 0.582. The number of hydrogen-bond donors (Lipinski definition) is 2. The van der Waals surface area contributed by atoms with E-state index in [-0.39, 0.29) is 11.5 Å². The third kappa shape index (κ3) is 4.25. The second kappa shape index (κ2) is 8.66. The summed E-state index contributed by atoms with van der Waals surface area (Å²) in [6.07, 6.45) is 3.32. The molecule has 3 nitrogen and oxygen atoms in total. The van der Waals surface area contributed by atoms with Gasteiger partial charge in [-0.15, -0.1) is 6.42 Å². The van der Waals surface area contributed by atoms with E-state index in [2.05, 4.69) is 51.0 Å². The minimum Gasteiger partial charge on any atom is -0.407 e. The second-order valence-corrected chi connectivity index (χ2v) is 11.8. The Morgan fingerprint density at radius 2 is 1.42 bits per heavy atom. The Bertz CT molecular complexity index is 677. The zero-order chi connectivity index (χ0) is 19.2. The molecule has 0 heterocycles. The molecule has 0 fully saturated rings. The highest BCUT2D eigenvalue weighted by Crippen LogP contribution is 2.36. The first kappa shape index (κ1) is 20.4. The van der Waals surface area contributed by atoms with Gasteiger partial charge in [-0.05, 0) is 21.8 Å². The average Bonchev–Trinajstić information content (AvgIpc) is 2.64. The van der Waals surface area contributed by atoms with Crippen molar-refractivity contribution in [2.75, 3.05) is 6.61 Å². The molecule has 2 aromatic rings. The molecule has 2 rings (SSSR count). The molecular weight excluding hydrogens is 340 g/mol. The van der Waals surface area contributed by atoms with Gasteiger partial charge in [0.25, 0.3) is 8.32 Å². The molecule has 2 aromatic carbocycles. The van der Waals surface area contributed by atoms with Crippen molar-refractivity contribution in [3.05, 3.63) is 60.7 Å². The summed E-state index contributed by atoms with van der Waals surface area (Å²) < 4.78 is 6.63. The van der Waals surface area contributed by atoms with Gasteiger partial charge < -0.3 is 14.6 Å². The van der Waals surface area contributed by atoms with Crippen LogP contribution in [-0.2, 0) is 4.43 Å². The van der Waals surface area contributed by atoms with Crippen molar-refractivity contribution in [3.8, 4) is 12.3 Å². The van der Waals surface area contributed by atoms with Gasteiger partial charge >= 0.3 is 0 Å². The predicted octanol–water partition coefficient (Wildman–Crippen LogP) is 2.31. The normalized spacial score (nSPS) is 14.5. The topological polar surface area (TPSA) is 49.7 Å². The Kier molecular flexibility index (Phi) is 6.79. The molecule has 0 amide bonds. The molecular formula is C22H28O3Si. The lowest BCUT2D eigenvalue weighted by atomic mass is 10.1. The first-order valence-electron chi connectivity index (χ1n) is 8.90. The molecule has 0 aromatic heterocycles. The molecule has 26 heavy (non-hydrogen) atoms. The summed E-state index contributed by atoms with van der Waals surface area (Å²) in [4.78, 5) is 0. The number of benzene rings is 2. The van der Waals surface area contributed by atoms with Gasteiger partial charge in [-0.1, -0.05) is 87.4 Å². The number of hydrogen-bond acceptors (Lipinski definition) is 3. The maximum atomic E-state index is 10.0. The molecule has 2 atom stereocenters. The Balaban J connectivity index is 2.43. The Labute approximate surface area is 157 Å². The molecule has 4 heteroatoms. The molecule has 0 aliphatic rings. The number of aliphatic hydroxyl groups is 2. The Hall–Kier alpha value is -1.90. The van der Waals surface area contributed by atoms with Crippen LogP contribution in [0.1, 0.15) is 27.2 Å². The van der Waals surface area contributed by atoms with Gasteiger partial charge in [0.05, 0.1) is 6.10 Å². The SMILES string of the molecule is C#CC(O)C(O)CCO[Si](c1ccccc1)(c1ccccc1)C(C)(C)C. The molecule has 0 spiro atoms. The molecule has 2 N–H and O–H groups in total. The summed E-state index contributed by atoms with van der Waals surface area (Å²) in [5, 5.41) is 21.9. The van der Waals surface area contributed by atoms with Gasteiger partial charge in [0.1, 0.15) is 6.10 Å². The minimum absolute atomic E-state index is 0.120. The smallest absolute Gasteiger partial charge is 0.261 e. The first-order chi connectivity index (χ1) is 12.3. The van der Waals surface area contributed by atoms with Crippen molar-refractivity contribution in [1.82, 2.24) is 0 Å². The third-order valence-electron chi connectivity index (χ3n) is 4.68. The van der Waals surface area contributed by atoms with E-state index in [1.807, 2.05) is 36.4 Å². The lowest BCUT2D eigenvalue weighted by Crippen LogP contribution is -2.66. The van der Waals surface area contributed by atoms with Crippen LogP contribution in [0.3, 0.4) is 0 Å². The molecule has 0 aliphatic heterocycles. The van der Waals surface area contributed by atoms with Crippen LogP contribution in [0.4, 0.5) is 0 Å². The van der Waals surface area contributed by atoms with Crippen LogP contribution in [0.5, 0.6) is 0 Å². The monoisotopic (exact) mass is 368 g/mol. The van der Waals surface area contributed by atoms with Crippen molar-refractivity contribution < 1.29 is 14.6 Å². The number of rotatable bonds is 7. The van der Waals surface area contributed by atoms with E-state index >= 15 is 0 Å². The van der Waals surface area contributed by atoms with E-state index in [0.29, 0.717) is 6.61 Å². The van der Waals surface area contributed by atoms with Crippen LogP contribution in [0.2, 0.25) is 5.04 Å². The van der Waals surface area contributed by atoms with Crippen molar-refractivity contribution in [3.63, 3.8) is 0 Å². The van der Waals surface area contributed by atoms with Gasteiger partial charge in [-0.2, -0.15) is 0 Å². The third-order valence-corrected chi connectivity index (χ3v) is 9.73. The summed E-state index contributed by atoms with van der Waals surface area (Å²) in [6, 6.07) is 20.6. The maximum Gasteiger partial charge on any atom is 0.261 e. The zero-order valence-corrected chi connectivity index (χ0v) is 16.7. The predicted molar refractivity (Wildman–Crippen MR) is 109 cm³/mol. The van der Waals surface area contributed by atoms with Gasteiger partial charge in [-0.25, -0.2) is 0 Å². The van der Waals surface area contributed by atoms with E-state index in [9.17, 15) is 10.2 Å². The number of aliphatic hydroxyl groups excluding tert-OH is 2. The summed E-state index contributed by atoms with van der Waals surface area (Å²) in [5.41, 5.74) is 0. The molecule has 0 radical (unpaired) electrons. The average molecular weight is 369 g/mol. The highest BCUT2D eigenvalue weighted by atomic mass is 28.4. The summed E-state index contributed by atoms with van der Waals surface area (Å²) in [7, 11) is -2.61. The summed E-state index contributed by atoms with van der Waals surface area (Å²) in [5.74, 6) is 2.17. The Morgan fingerprint density at radius 1 is 0.962 bits per heavy atom. The van der Waals surface area contributed by atoms with E-state index in [1.165, 1.54) is 10.4 Å². The highest BCUT2D eigenvalue weighted by molar-refractivity contribution is 6.99. The lowest BCUT2D eigenvalue weighted by Gasteiger charge is -2.43. The van der Waals surface area contributed by atoms with E-state index in [1.54, 1.807) is 0 Å². The number of terminal acetylenes is 1. The Morgan fingerprint density at radius 3 is 1.81 bits per heavy atom. The molecule has 0 bridgehead atoms. The van der Waals surface area contributed by atoms with Gasteiger partial charge in [0.2, 0.25) is 0 Å². The van der Waals surface area contributed by atoms with Gasteiger partial charge in [0, 0.05) is 6.61 Å². The fraction of sp³-hybridized carbons (Fsp3) is 0.364. The zero-order valence-electron chi connectivity index (χ0n) is 15.7. The van der Waals surface area contributed by atoms with Gasteiger partial charge in [0.15, 0.2) is 0 Å². The van der Waals surface area contributed by atoms with Crippen molar-refractivity contribution in [1.29, 1.82) is 0 Å². The van der Waals surface area contributed by atoms with Gasteiger partial charge in [-0.3, -0.25) is 0 Å². The first-order valence-corrected chi connectivity index (χ1v) is 10.8. The molecule has 0 saturated heterocycles. The summed E-state index contributed by atoms with van der Waals surface area (Å²) in [6.45, 7) is 6.93. The molecule has 0 saturated carbocycles. The standard InChI is InChI=1S/C22H28O3Si/c1-5-20(23)21(24)16-17-25-26(22(2,3)4,18-12-8-6-9-13-18)19-14-10-7-11-15-19/h1,6-15,20-21,23-24H,16-17H2,2-4H3. The van der Waals surface area contributed by atoms with Crippen LogP contribution in [0.15, 0.2) is 60.7 Å². The molecule has 0 aliphatic carbocycles. The highest BCUT2D eigenvalue weighted by Gasteiger charge is 2.50. The maximum absolute atomic E-state index is 10.0. The van der Waals surface area contributed by atoms with E-state index in [0.717, 1.165) is 0 Å². The van der Waals surface area contributed by atoms with Crippen LogP contribution in [0, 0.1) is 12.3 Å². The summed E-state index contributed by atoms with van der Waals surface area (Å²) >= 11 is 0. The lowest BCUT2D eigenvalue weighted by molar-refractivity contribution is 0.0383. The fourth-order valence-electron chi connectivity index (χ4n) is 3.36. The van der Waals surface area contributed by atoms with Crippen LogP contribution in [0.25, 0.3) is 0 Å². The van der Waals surface area contributed by atoms with Crippen molar-refractivity contribution in [2.24, 2.45) is 0 Å². The molecule has 2 unspecified atom stereocenters. The minimum atomic E-state index is -2.61. The molecule has 138 valence electrons. The van der Waals surface area contributed by atoms with E-state index < -0.39 is 20.5 Å². The van der Waals surface area contributed by atoms with Crippen LogP contribution >= 0.6 is 0 Å².